The Hall–Kier alpha value is -4.61. The van der Waals surface area contributed by atoms with Crippen LogP contribution in [0.5, 0.6) is 5.75 Å². The zero-order valence-electron chi connectivity index (χ0n) is 29.4. The van der Waals surface area contributed by atoms with Crippen molar-refractivity contribution in [2.45, 2.75) is 117 Å². The van der Waals surface area contributed by atoms with Crippen molar-refractivity contribution in [3.8, 4) is 5.75 Å². The third-order valence-corrected chi connectivity index (χ3v) is 7.09. The molecule has 4 amide bonds. The fourth-order valence-electron chi connectivity index (χ4n) is 4.88. The van der Waals surface area contributed by atoms with E-state index in [9.17, 15) is 29.1 Å². The molecule has 3 atom stereocenters. The molecular formula is C36H52N4O8. The highest BCUT2D eigenvalue weighted by Crippen LogP contribution is 2.28. The molecule has 0 saturated carbocycles. The number of hydrogen-bond acceptors (Lipinski definition) is 8. The number of hydrogen-bond donors (Lipinski definition) is 4. The minimum Gasteiger partial charge on any atom is -0.508 e. The first-order valence-corrected chi connectivity index (χ1v) is 16.3. The Balaban J connectivity index is 2.66. The second-order valence-electron chi connectivity index (χ2n) is 13.8. The first-order chi connectivity index (χ1) is 22.3. The van der Waals surface area contributed by atoms with Crippen LogP contribution in [0.3, 0.4) is 0 Å². The number of carbonyl (C=O) groups excluding carboxylic acids is 5. The Morgan fingerprint density at radius 3 is 2.06 bits per heavy atom. The van der Waals surface area contributed by atoms with Crippen LogP contribution in [0.15, 0.2) is 48.5 Å². The van der Waals surface area contributed by atoms with E-state index >= 15 is 0 Å². The summed E-state index contributed by atoms with van der Waals surface area (Å²) in [5.74, 6) is -2.67. The number of rotatable bonds is 15. The van der Waals surface area contributed by atoms with Gasteiger partial charge in [0.25, 0.3) is 0 Å². The highest BCUT2D eigenvalue weighted by molar-refractivity contribution is 5.94. The van der Waals surface area contributed by atoms with Gasteiger partial charge in [-0.3, -0.25) is 14.4 Å². The highest BCUT2D eigenvalue weighted by Gasteiger charge is 2.38. The van der Waals surface area contributed by atoms with Gasteiger partial charge in [0, 0.05) is 19.4 Å². The smallest absolute Gasteiger partial charge is 0.408 e. The van der Waals surface area contributed by atoms with Gasteiger partial charge in [0.1, 0.15) is 35.1 Å². The number of unbranched alkanes of at least 4 members (excludes halogenated alkanes) is 1. The molecule has 264 valence electrons. The minimum atomic E-state index is -1.31. The minimum absolute atomic E-state index is 0.00835. The zero-order valence-corrected chi connectivity index (χ0v) is 29.4. The molecule has 12 heteroatoms. The summed E-state index contributed by atoms with van der Waals surface area (Å²) in [4.78, 5) is 68.3. The molecule has 0 bridgehead atoms. The van der Waals surface area contributed by atoms with Crippen LogP contribution in [0.4, 0.5) is 4.79 Å². The van der Waals surface area contributed by atoms with E-state index < -0.39 is 59.1 Å². The predicted molar refractivity (Wildman–Crippen MR) is 182 cm³/mol. The standard InChI is InChI=1S/C36H52N4O8/c1-9-10-20-40(32(44)26(17-19-29(37)42)39-34(46)48-36(6,7)8)30(25-16-18-28(41)23(2)21-25)31(43)38-27(33(45)47-35(3,4)5)22-24-14-12-11-13-15-24/h11-16,18,21,26-27,30,41H,9-10,17,19-20,22H2,1-8H3,(H2,37,42)(H,38,43)(H,39,46). The number of phenols is 1. The lowest BCUT2D eigenvalue weighted by atomic mass is 9.98. The van der Waals surface area contributed by atoms with Crippen LogP contribution in [0, 0.1) is 6.92 Å². The molecule has 3 unspecified atom stereocenters. The average Bonchev–Trinajstić information content (AvgIpc) is 2.96. The fraction of sp³-hybridized carbons (Fsp3) is 0.528. The molecule has 0 radical (unpaired) electrons. The number of alkyl carbamates (subject to hydrolysis) is 1. The van der Waals surface area contributed by atoms with Gasteiger partial charge in [-0.15, -0.1) is 0 Å². The first-order valence-electron chi connectivity index (χ1n) is 16.3. The summed E-state index contributed by atoms with van der Waals surface area (Å²) in [6, 6.07) is 9.97. The van der Waals surface area contributed by atoms with Gasteiger partial charge in [0.05, 0.1) is 0 Å². The molecule has 12 nitrogen and oxygen atoms in total. The third-order valence-electron chi connectivity index (χ3n) is 7.09. The number of esters is 1. The number of nitrogens with one attached hydrogen (secondary N) is 2. The van der Waals surface area contributed by atoms with Gasteiger partial charge in [0.15, 0.2) is 0 Å². The van der Waals surface area contributed by atoms with E-state index in [0.29, 0.717) is 24.0 Å². The number of amides is 4. The highest BCUT2D eigenvalue weighted by atomic mass is 16.6. The molecule has 2 rings (SSSR count). The number of benzene rings is 2. The molecule has 0 saturated heterocycles. The van der Waals surface area contributed by atoms with E-state index in [1.807, 2.05) is 37.3 Å². The Bertz CT molecular complexity index is 1420. The van der Waals surface area contributed by atoms with Crippen molar-refractivity contribution < 1.29 is 38.6 Å². The van der Waals surface area contributed by atoms with Gasteiger partial charge in [-0.2, -0.15) is 0 Å². The molecule has 2 aromatic rings. The molecule has 2 aromatic carbocycles. The van der Waals surface area contributed by atoms with Crippen LogP contribution in [0.2, 0.25) is 0 Å². The molecule has 0 aliphatic rings. The van der Waals surface area contributed by atoms with Gasteiger partial charge in [0.2, 0.25) is 17.7 Å². The lowest BCUT2D eigenvalue weighted by Gasteiger charge is -2.35. The summed E-state index contributed by atoms with van der Waals surface area (Å²) in [5.41, 5.74) is 5.30. The second kappa shape index (κ2) is 17.5. The molecule has 5 N–H and O–H groups in total. The largest absolute Gasteiger partial charge is 0.508 e. The van der Waals surface area contributed by atoms with Crippen LogP contribution in [-0.4, -0.2) is 69.6 Å². The van der Waals surface area contributed by atoms with Crippen LogP contribution in [0.25, 0.3) is 0 Å². The molecular weight excluding hydrogens is 616 g/mol. The number of primary amides is 1. The lowest BCUT2D eigenvalue weighted by Crippen LogP contribution is -2.55. The van der Waals surface area contributed by atoms with Gasteiger partial charge < -0.3 is 35.8 Å². The number of phenolic OH excluding ortho intramolecular Hbond substituents is 1. The molecule has 0 aromatic heterocycles. The van der Waals surface area contributed by atoms with Crippen LogP contribution in [-0.2, 0) is 35.1 Å². The summed E-state index contributed by atoms with van der Waals surface area (Å²) < 4.78 is 11.1. The van der Waals surface area contributed by atoms with Crippen molar-refractivity contribution in [1.29, 1.82) is 0 Å². The maximum atomic E-state index is 14.5. The molecule has 0 aliphatic carbocycles. The van der Waals surface area contributed by atoms with E-state index in [1.165, 1.54) is 17.0 Å². The van der Waals surface area contributed by atoms with Crippen molar-refractivity contribution in [2.24, 2.45) is 5.73 Å². The number of carbonyl (C=O) groups is 5. The maximum absolute atomic E-state index is 14.5. The normalized spacial score (nSPS) is 13.4. The average molecular weight is 669 g/mol. The number of nitrogens with zero attached hydrogens (tertiary/aromatic N) is 1. The summed E-state index contributed by atoms with van der Waals surface area (Å²) in [5, 5.41) is 15.7. The summed E-state index contributed by atoms with van der Waals surface area (Å²) in [7, 11) is 0. The third kappa shape index (κ3) is 13.2. The van der Waals surface area contributed by atoms with E-state index in [-0.39, 0.29) is 31.6 Å². The van der Waals surface area contributed by atoms with Gasteiger partial charge in [-0.1, -0.05) is 49.7 Å². The van der Waals surface area contributed by atoms with Crippen molar-refractivity contribution in [1.82, 2.24) is 15.5 Å². The molecule has 0 aliphatic heterocycles. The first kappa shape index (κ1) is 39.6. The Kier molecular flexibility index (Phi) is 14.4. The zero-order chi connectivity index (χ0) is 36.2. The number of ether oxygens (including phenoxy) is 2. The van der Waals surface area contributed by atoms with Crippen molar-refractivity contribution in [3.05, 3.63) is 65.2 Å². The van der Waals surface area contributed by atoms with Crippen LogP contribution >= 0.6 is 0 Å². The molecule has 0 spiro atoms. The Morgan fingerprint density at radius 1 is 0.896 bits per heavy atom. The second-order valence-corrected chi connectivity index (χ2v) is 13.8. The number of aryl methyl sites for hydroxylation is 1. The summed E-state index contributed by atoms with van der Waals surface area (Å²) in [6.45, 7) is 13.9. The van der Waals surface area contributed by atoms with E-state index in [1.54, 1.807) is 54.5 Å². The maximum Gasteiger partial charge on any atom is 0.408 e. The Labute approximate surface area is 283 Å². The van der Waals surface area contributed by atoms with Crippen molar-refractivity contribution in [2.75, 3.05) is 6.54 Å². The summed E-state index contributed by atoms with van der Waals surface area (Å²) >= 11 is 0. The SMILES string of the molecule is CCCCN(C(=O)C(CCC(N)=O)NC(=O)OC(C)(C)C)C(C(=O)NC(Cc1ccccc1)C(=O)OC(C)(C)C)c1ccc(O)c(C)c1. The van der Waals surface area contributed by atoms with Gasteiger partial charge >= 0.3 is 12.1 Å². The monoisotopic (exact) mass is 668 g/mol. The molecule has 48 heavy (non-hydrogen) atoms. The van der Waals surface area contributed by atoms with E-state index in [4.69, 9.17) is 15.2 Å². The van der Waals surface area contributed by atoms with Crippen molar-refractivity contribution in [3.63, 3.8) is 0 Å². The lowest BCUT2D eigenvalue weighted by molar-refractivity contribution is -0.159. The predicted octanol–water partition coefficient (Wildman–Crippen LogP) is 4.60. The van der Waals surface area contributed by atoms with Crippen LogP contribution in [0.1, 0.15) is 96.9 Å². The van der Waals surface area contributed by atoms with E-state index in [2.05, 4.69) is 10.6 Å². The number of nitrogens with two attached hydrogens (primary N) is 1. The van der Waals surface area contributed by atoms with Crippen molar-refractivity contribution >= 4 is 29.8 Å². The van der Waals surface area contributed by atoms with Gasteiger partial charge in [-0.05, 0) is 90.1 Å². The van der Waals surface area contributed by atoms with Crippen LogP contribution < -0.4 is 16.4 Å². The van der Waals surface area contributed by atoms with Gasteiger partial charge in [-0.25, -0.2) is 9.59 Å². The summed E-state index contributed by atoms with van der Waals surface area (Å²) in [6.07, 6.45) is 0.0185. The fourth-order valence-corrected chi connectivity index (χ4v) is 4.88. The molecule has 0 fully saturated rings. The Morgan fingerprint density at radius 2 is 1.52 bits per heavy atom. The van der Waals surface area contributed by atoms with E-state index in [0.717, 1.165) is 5.56 Å². The quantitative estimate of drug-likeness (QED) is 0.199. The topological polar surface area (TPSA) is 177 Å². The molecule has 0 heterocycles. The number of aromatic hydroxyl groups is 1.